The van der Waals surface area contributed by atoms with Crippen LogP contribution in [0.2, 0.25) is 0 Å². The molecule has 3 aromatic carbocycles. The molecule has 2 aliphatic rings. The van der Waals surface area contributed by atoms with E-state index in [0.29, 0.717) is 54.6 Å². The molecule has 2 amide bonds. The number of methoxy groups -OCH3 is 2. The predicted octanol–water partition coefficient (Wildman–Crippen LogP) is 6.65. The minimum atomic E-state index is -3.64. The van der Waals surface area contributed by atoms with Crippen molar-refractivity contribution in [1.29, 1.82) is 0 Å². The largest absolute Gasteiger partial charge is 0.508 e. The first-order valence-corrected chi connectivity index (χ1v) is 16.2. The summed E-state index contributed by atoms with van der Waals surface area (Å²) in [5.41, 5.74) is 1.91. The van der Waals surface area contributed by atoms with Crippen LogP contribution in [0.25, 0.3) is 0 Å². The molecule has 2 fully saturated rings. The van der Waals surface area contributed by atoms with Gasteiger partial charge in [-0.2, -0.15) is 8.42 Å². The Kier molecular flexibility index (Phi) is 25.6. The van der Waals surface area contributed by atoms with Crippen molar-refractivity contribution in [2.24, 2.45) is 0 Å². The Labute approximate surface area is 312 Å². The molecule has 52 heavy (non-hydrogen) atoms. The van der Waals surface area contributed by atoms with Crippen molar-refractivity contribution in [2.75, 3.05) is 54.7 Å². The van der Waals surface area contributed by atoms with Gasteiger partial charge in [0, 0.05) is 56.8 Å². The first kappa shape index (κ1) is 52.0. The number of rotatable bonds is 9. The third-order valence-corrected chi connectivity index (χ3v) is 8.25. The average molecular weight is 755 g/mol. The van der Waals surface area contributed by atoms with Crippen molar-refractivity contribution in [3.8, 4) is 23.0 Å². The summed E-state index contributed by atoms with van der Waals surface area (Å²) < 4.78 is 54.9. The normalized spacial score (nSPS) is 15.2. The van der Waals surface area contributed by atoms with Gasteiger partial charge in [0.2, 0.25) is 0 Å². The summed E-state index contributed by atoms with van der Waals surface area (Å²) in [6, 6.07) is 16.1. The van der Waals surface area contributed by atoms with E-state index < -0.39 is 10.1 Å². The van der Waals surface area contributed by atoms with Crippen LogP contribution < -0.4 is 24.8 Å². The predicted molar refractivity (Wildman–Crippen MR) is 207 cm³/mol. The van der Waals surface area contributed by atoms with Gasteiger partial charge in [0.25, 0.3) is 21.9 Å². The first-order valence-electron chi connectivity index (χ1n) is 14.8. The maximum absolute atomic E-state index is 11.8. The molecule has 2 atom stereocenters. The Morgan fingerprint density at radius 2 is 1.17 bits per heavy atom. The number of benzene rings is 3. The molecule has 2 heterocycles. The van der Waals surface area contributed by atoms with E-state index in [2.05, 4.69) is 10.6 Å². The van der Waals surface area contributed by atoms with Gasteiger partial charge >= 0.3 is 0 Å². The molecule has 0 aromatic heterocycles. The zero-order chi connectivity index (χ0) is 34.4. The summed E-state index contributed by atoms with van der Waals surface area (Å²) in [5.74, 6) is 1.28. The van der Waals surface area contributed by atoms with Crippen molar-refractivity contribution in [2.45, 2.75) is 74.0 Å². The molecule has 3 aromatic rings. The molecule has 14 heteroatoms. The molecule has 0 aliphatic carbocycles. The van der Waals surface area contributed by atoms with E-state index in [9.17, 15) is 23.1 Å². The fraction of sp³-hybridized carbons (Fsp3) is 0.474. The van der Waals surface area contributed by atoms with Gasteiger partial charge in [-0.1, -0.05) is 54.8 Å². The zero-order valence-corrected chi connectivity index (χ0v) is 27.9. The molecule has 0 bridgehead atoms. The summed E-state index contributed by atoms with van der Waals surface area (Å²) in [5, 5.41) is 14.2. The standard InChI is InChI=1S/C13H17NO4.C11H14O4S.C9H11NO3.5CH4/c1-14-13(15)9-5-11(16-2)7-12(6-9)18-10-3-4-17-8-10;1-9-2-4-11(5-3-9)16(12,13)15-10-6-7-14-8-10;1-10-9(12)6-3-7(11)5-8(4-6)13-2;;;;;/h5-7,10H,3-4,8H2,1-2H3,(H,14,15);2-5,10H,6-8H2,1H3;3-5,11H,1-2H3,(H,10,12);5*1H4/t2*10-;;;;;;/m01....../s1. The number of carbonyl (C=O) groups is 2. The van der Waals surface area contributed by atoms with Crippen LogP contribution in [0.4, 0.5) is 0 Å². The molecule has 0 unspecified atom stereocenters. The van der Waals surface area contributed by atoms with E-state index in [1.807, 2.05) is 6.92 Å². The zero-order valence-electron chi connectivity index (χ0n) is 27.1. The number of hydrogen-bond donors (Lipinski definition) is 3. The second kappa shape index (κ2) is 25.6. The highest BCUT2D eigenvalue weighted by atomic mass is 32.2. The number of carbonyl (C=O) groups excluding carboxylic acids is 2. The quantitative estimate of drug-likeness (QED) is 0.200. The maximum atomic E-state index is 11.8. The number of phenolic OH excluding ortho intramolecular Hbond substituents is 1. The number of hydrogen-bond acceptors (Lipinski definition) is 11. The Bertz CT molecular complexity index is 1570. The molecule has 0 spiro atoms. The summed E-state index contributed by atoms with van der Waals surface area (Å²) >= 11 is 0. The number of amides is 2. The highest BCUT2D eigenvalue weighted by Gasteiger charge is 2.25. The third kappa shape index (κ3) is 16.3. The molecule has 5 rings (SSSR count). The van der Waals surface area contributed by atoms with Crippen LogP contribution in [-0.2, 0) is 23.8 Å². The van der Waals surface area contributed by atoms with E-state index in [-0.39, 0.29) is 71.8 Å². The Hall–Kier alpha value is -4.37. The van der Waals surface area contributed by atoms with Crippen LogP contribution in [0, 0.1) is 6.92 Å². The fourth-order valence-electron chi connectivity index (χ4n) is 4.34. The molecule has 2 aliphatic heterocycles. The first-order chi connectivity index (χ1) is 22.5. The molecule has 0 saturated carbocycles. The number of aryl methyl sites for hydroxylation is 1. The Morgan fingerprint density at radius 1 is 0.712 bits per heavy atom. The minimum Gasteiger partial charge on any atom is -0.508 e. The van der Waals surface area contributed by atoms with Gasteiger partial charge in [0.15, 0.2) is 0 Å². The van der Waals surface area contributed by atoms with Crippen molar-refractivity contribution in [3.63, 3.8) is 0 Å². The minimum absolute atomic E-state index is 0. The Balaban J connectivity index is -0.000000669. The number of nitrogens with one attached hydrogen (secondary N) is 2. The lowest BCUT2D eigenvalue weighted by atomic mass is 10.2. The average Bonchev–Trinajstić information content (AvgIpc) is 3.78. The van der Waals surface area contributed by atoms with Crippen LogP contribution in [0.1, 0.15) is 76.3 Å². The second-order valence-corrected chi connectivity index (χ2v) is 12.0. The maximum Gasteiger partial charge on any atom is 0.297 e. The van der Waals surface area contributed by atoms with Crippen LogP contribution in [0.3, 0.4) is 0 Å². The molecular formula is C38H62N2O11S. The molecule has 0 radical (unpaired) electrons. The number of phenols is 1. The van der Waals surface area contributed by atoms with E-state index >= 15 is 0 Å². The van der Waals surface area contributed by atoms with Gasteiger partial charge in [0.1, 0.15) is 35.2 Å². The lowest BCUT2D eigenvalue weighted by molar-refractivity contribution is 0.0954. The smallest absolute Gasteiger partial charge is 0.297 e. The lowest BCUT2D eigenvalue weighted by Gasteiger charge is -2.14. The summed E-state index contributed by atoms with van der Waals surface area (Å²) in [7, 11) is 2.51. The number of aromatic hydroxyl groups is 1. The number of ether oxygens (including phenoxy) is 5. The Morgan fingerprint density at radius 3 is 1.63 bits per heavy atom. The van der Waals surface area contributed by atoms with E-state index in [1.54, 1.807) is 62.7 Å². The van der Waals surface area contributed by atoms with Gasteiger partial charge in [-0.3, -0.25) is 13.8 Å². The molecule has 2 saturated heterocycles. The summed E-state index contributed by atoms with van der Waals surface area (Å²) in [6.45, 7) is 4.13. The van der Waals surface area contributed by atoms with Crippen LogP contribution in [0.15, 0.2) is 65.6 Å². The fourth-order valence-corrected chi connectivity index (χ4v) is 5.43. The summed E-state index contributed by atoms with van der Waals surface area (Å²) in [4.78, 5) is 23.0. The topological polar surface area (TPSA) is 168 Å². The van der Waals surface area contributed by atoms with E-state index in [1.165, 1.54) is 26.3 Å². The van der Waals surface area contributed by atoms with Crippen LogP contribution in [-0.4, -0.2) is 92.3 Å². The highest BCUT2D eigenvalue weighted by Crippen LogP contribution is 2.25. The van der Waals surface area contributed by atoms with Gasteiger partial charge in [-0.05, 0) is 43.3 Å². The molecule has 3 N–H and O–H groups in total. The van der Waals surface area contributed by atoms with Gasteiger partial charge in [0.05, 0.1) is 38.9 Å². The summed E-state index contributed by atoms with van der Waals surface area (Å²) in [6.07, 6.45) is 1.21. The molecule has 13 nitrogen and oxygen atoms in total. The van der Waals surface area contributed by atoms with E-state index in [4.69, 9.17) is 27.9 Å². The van der Waals surface area contributed by atoms with E-state index in [0.717, 1.165) is 18.6 Å². The molecular weight excluding hydrogens is 692 g/mol. The third-order valence-electron chi connectivity index (χ3n) is 6.87. The van der Waals surface area contributed by atoms with Crippen molar-refractivity contribution >= 4 is 21.9 Å². The second-order valence-electron chi connectivity index (χ2n) is 10.4. The van der Waals surface area contributed by atoms with Gasteiger partial charge in [-0.25, -0.2) is 0 Å². The van der Waals surface area contributed by atoms with Gasteiger partial charge < -0.3 is 39.4 Å². The van der Waals surface area contributed by atoms with Crippen molar-refractivity contribution < 1.29 is 51.0 Å². The lowest BCUT2D eigenvalue weighted by Crippen LogP contribution is -2.19. The SMILES string of the molecule is C.C.C.C.C.CNC(=O)c1cc(O)cc(OC)c1.CNC(=O)c1cc(OC)cc(O[C@H]2CCOC2)c1.Cc1ccc(S(=O)(=O)O[C@@H]2CCOC2)cc1. The van der Waals surface area contributed by atoms with Crippen molar-refractivity contribution in [3.05, 3.63) is 77.4 Å². The van der Waals surface area contributed by atoms with Crippen molar-refractivity contribution in [1.82, 2.24) is 10.6 Å². The van der Waals surface area contributed by atoms with Crippen LogP contribution in [0.5, 0.6) is 23.0 Å². The van der Waals surface area contributed by atoms with Crippen LogP contribution >= 0.6 is 0 Å². The highest BCUT2D eigenvalue weighted by molar-refractivity contribution is 7.86. The molecule has 296 valence electrons. The van der Waals surface area contributed by atoms with Gasteiger partial charge in [-0.15, -0.1) is 0 Å². The monoisotopic (exact) mass is 754 g/mol.